The fourth-order valence-electron chi connectivity index (χ4n) is 2.51. The van der Waals surface area contributed by atoms with E-state index in [1.54, 1.807) is 0 Å². The lowest BCUT2D eigenvalue weighted by Gasteiger charge is -2.26. The van der Waals surface area contributed by atoms with Crippen molar-refractivity contribution in [2.75, 3.05) is 6.54 Å². The standard InChI is InChI=1S/C13H19ClN2O3S/c1-9-2-4-10(5-3-9)7-16-13(17)12-6-11(8-15-12)20(14,18)19/h6,8-10,15H,2-5,7H2,1H3,(H,16,17). The maximum absolute atomic E-state index is 11.9. The molecule has 0 aromatic carbocycles. The number of rotatable bonds is 4. The molecule has 1 aromatic heterocycles. The third kappa shape index (κ3) is 3.99. The highest BCUT2D eigenvalue weighted by Crippen LogP contribution is 2.27. The van der Waals surface area contributed by atoms with Crippen LogP contribution in [0.25, 0.3) is 0 Å². The van der Waals surface area contributed by atoms with Crippen LogP contribution in [0.1, 0.15) is 43.1 Å². The number of hydrogen-bond acceptors (Lipinski definition) is 3. The summed E-state index contributed by atoms with van der Waals surface area (Å²) >= 11 is 0. The summed E-state index contributed by atoms with van der Waals surface area (Å²) in [7, 11) is 1.41. The van der Waals surface area contributed by atoms with Crippen molar-refractivity contribution in [3.05, 3.63) is 18.0 Å². The Morgan fingerprint density at radius 2 is 2.05 bits per heavy atom. The minimum absolute atomic E-state index is 0.0872. The second-order valence-electron chi connectivity index (χ2n) is 5.52. The van der Waals surface area contributed by atoms with Crippen LogP contribution in [0.5, 0.6) is 0 Å². The lowest BCUT2D eigenvalue weighted by Crippen LogP contribution is -2.31. The molecule has 0 saturated heterocycles. The molecule has 7 heteroatoms. The molecule has 0 unspecified atom stereocenters. The Morgan fingerprint density at radius 1 is 1.40 bits per heavy atom. The molecule has 0 spiro atoms. The van der Waals surface area contributed by atoms with Crippen molar-refractivity contribution in [2.45, 2.75) is 37.5 Å². The number of hydrogen-bond donors (Lipinski definition) is 2. The van der Waals surface area contributed by atoms with Crippen molar-refractivity contribution >= 4 is 25.6 Å². The van der Waals surface area contributed by atoms with Crippen molar-refractivity contribution in [1.29, 1.82) is 0 Å². The number of H-pyrrole nitrogens is 1. The zero-order chi connectivity index (χ0) is 14.8. The molecular weight excluding hydrogens is 300 g/mol. The second kappa shape index (κ2) is 6.18. The maximum Gasteiger partial charge on any atom is 0.267 e. The Kier molecular flexibility index (Phi) is 4.75. The highest BCUT2D eigenvalue weighted by atomic mass is 35.7. The fourth-order valence-corrected chi connectivity index (χ4v) is 3.24. The average molecular weight is 319 g/mol. The minimum Gasteiger partial charge on any atom is -0.356 e. The number of carbonyl (C=O) groups is 1. The zero-order valence-electron chi connectivity index (χ0n) is 11.4. The van der Waals surface area contributed by atoms with Crippen LogP contribution < -0.4 is 5.32 Å². The van der Waals surface area contributed by atoms with E-state index in [1.807, 2.05) is 0 Å². The van der Waals surface area contributed by atoms with E-state index in [0.29, 0.717) is 12.5 Å². The molecule has 0 bridgehead atoms. The van der Waals surface area contributed by atoms with Gasteiger partial charge in [0.05, 0.1) is 0 Å². The van der Waals surface area contributed by atoms with Gasteiger partial charge in [0.15, 0.2) is 0 Å². The summed E-state index contributed by atoms with van der Waals surface area (Å²) in [4.78, 5) is 14.5. The first-order valence-corrected chi connectivity index (χ1v) is 9.08. The molecule has 0 radical (unpaired) electrons. The first-order chi connectivity index (χ1) is 9.36. The van der Waals surface area contributed by atoms with Crippen molar-refractivity contribution in [3.63, 3.8) is 0 Å². The highest BCUT2D eigenvalue weighted by Gasteiger charge is 2.20. The molecule has 112 valence electrons. The van der Waals surface area contributed by atoms with E-state index >= 15 is 0 Å². The Hall–Kier alpha value is -1.01. The predicted octanol–water partition coefficient (Wildman–Crippen LogP) is 2.50. The molecule has 1 aromatic rings. The van der Waals surface area contributed by atoms with Crippen LogP contribution in [0.2, 0.25) is 0 Å². The van der Waals surface area contributed by atoms with Crippen molar-refractivity contribution in [1.82, 2.24) is 10.3 Å². The molecule has 1 fully saturated rings. The summed E-state index contributed by atoms with van der Waals surface area (Å²) in [5.74, 6) is 0.998. The topological polar surface area (TPSA) is 79.0 Å². The van der Waals surface area contributed by atoms with E-state index in [0.717, 1.165) is 18.8 Å². The fraction of sp³-hybridized carbons (Fsp3) is 0.615. The smallest absolute Gasteiger partial charge is 0.267 e. The van der Waals surface area contributed by atoms with E-state index in [4.69, 9.17) is 10.7 Å². The molecule has 1 saturated carbocycles. The lowest BCUT2D eigenvalue weighted by atomic mass is 9.83. The van der Waals surface area contributed by atoms with Crippen LogP contribution in [0.4, 0.5) is 0 Å². The third-order valence-electron chi connectivity index (χ3n) is 3.87. The molecule has 20 heavy (non-hydrogen) atoms. The molecule has 1 heterocycles. The number of carbonyl (C=O) groups excluding carboxylic acids is 1. The number of aromatic nitrogens is 1. The van der Waals surface area contributed by atoms with Crippen LogP contribution in [0.15, 0.2) is 17.2 Å². The van der Waals surface area contributed by atoms with Gasteiger partial charge in [0, 0.05) is 23.4 Å². The maximum atomic E-state index is 11.9. The van der Waals surface area contributed by atoms with Gasteiger partial charge < -0.3 is 10.3 Å². The summed E-state index contributed by atoms with van der Waals surface area (Å²) in [5.41, 5.74) is 0.216. The van der Waals surface area contributed by atoms with Gasteiger partial charge in [-0.1, -0.05) is 19.8 Å². The Morgan fingerprint density at radius 3 is 2.60 bits per heavy atom. The summed E-state index contributed by atoms with van der Waals surface area (Å²) in [6.07, 6.45) is 5.90. The van der Waals surface area contributed by atoms with Crippen molar-refractivity contribution in [3.8, 4) is 0 Å². The molecule has 5 nitrogen and oxygen atoms in total. The molecular formula is C13H19ClN2O3S. The number of aromatic amines is 1. The van der Waals surface area contributed by atoms with Crippen LogP contribution in [0.3, 0.4) is 0 Å². The summed E-state index contributed by atoms with van der Waals surface area (Å²) in [6.45, 7) is 2.88. The predicted molar refractivity (Wildman–Crippen MR) is 77.3 cm³/mol. The van der Waals surface area contributed by atoms with Crippen LogP contribution in [-0.4, -0.2) is 25.9 Å². The minimum atomic E-state index is -3.80. The summed E-state index contributed by atoms with van der Waals surface area (Å²) in [6, 6.07) is 1.25. The van der Waals surface area contributed by atoms with Gasteiger partial charge in [-0.25, -0.2) is 8.42 Å². The van der Waals surface area contributed by atoms with Crippen LogP contribution in [0, 0.1) is 11.8 Å². The SMILES string of the molecule is CC1CCC(CNC(=O)c2cc(S(=O)(=O)Cl)c[nH]2)CC1. The van der Waals surface area contributed by atoms with Gasteiger partial charge in [0.25, 0.3) is 15.0 Å². The Bertz CT molecular complexity index is 574. The quantitative estimate of drug-likeness (QED) is 0.837. The lowest BCUT2D eigenvalue weighted by molar-refractivity contribution is 0.0937. The van der Waals surface area contributed by atoms with Crippen LogP contribution in [-0.2, 0) is 9.05 Å². The van der Waals surface area contributed by atoms with Gasteiger partial charge in [-0.15, -0.1) is 0 Å². The first-order valence-electron chi connectivity index (χ1n) is 6.77. The average Bonchev–Trinajstić information content (AvgIpc) is 2.87. The van der Waals surface area contributed by atoms with Crippen LogP contribution >= 0.6 is 10.7 Å². The van der Waals surface area contributed by atoms with Gasteiger partial charge in [0.2, 0.25) is 0 Å². The summed E-state index contributed by atoms with van der Waals surface area (Å²) < 4.78 is 22.2. The van der Waals surface area contributed by atoms with Gasteiger partial charge in [-0.05, 0) is 30.7 Å². The normalized spacial score (nSPS) is 23.5. The molecule has 0 aliphatic heterocycles. The largest absolute Gasteiger partial charge is 0.356 e. The molecule has 0 atom stereocenters. The summed E-state index contributed by atoms with van der Waals surface area (Å²) in [5, 5.41) is 2.84. The van der Waals surface area contributed by atoms with Gasteiger partial charge >= 0.3 is 0 Å². The first kappa shape index (κ1) is 15.4. The van der Waals surface area contributed by atoms with Crippen molar-refractivity contribution in [2.24, 2.45) is 11.8 Å². The van der Waals surface area contributed by atoms with E-state index in [9.17, 15) is 13.2 Å². The molecule has 1 aliphatic carbocycles. The van der Waals surface area contributed by atoms with Gasteiger partial charge in [-0.3, -0.25) is 4.79 Å². The molecule has 1 aliphatic rings. The Balaban J connectivity index is 1.87. The number of halogens is 1. The van der Waals surface area contributed by atoms with Gasteiger partial charge in [0.1, 0.15) is 10.6 Å². The van der Waals surface area contributed by atoms with E-state index < -0.39 is 9.05 Å². The van der Waals surface area contributed by atoms with E-state index in [-0.39, 0.29) is 16.5 Å². The number of amides is 1. The van der Waals surface area contributed by atoms with E-state index in [2.05, 4.69) is 17.2 Å². The Labute approximate surface area is 123 Å². The monoisotopic (exact) mass is 318 g/mol. The van der Waals surface area contributed by atoms with Crippen molar-refractivity contribution < 1.29 is 13.2 Å². The van der Waals surface area contributed by atoms with E-state index in [1.165, 1.54) is 25.1 Å². The van der Waals surface area contributed by atoms with Gasteiger partial charge in [-0.2, -0.15) is 0 Å². The highest BCUT2D eigenvalue weighted by molar-refractivity contribution is 8.13. The third-order valence-corrected chi connectivity index (χ3v) is 5.20. The molecule has 2 rings (SSSR count). The second-order valence-corrected chi connectivity index (χ2v) is 8.09. The molecule has 2 N–H and O–H groups in total. The zero-order valence-corrected chi connectivity index (χ0v) is 12.9. The molecule has 1 amide bonds. The number of nitrogens with one attached hydrogen (secondary N) is 2.